The van der Waals surface area contributed by atoms with Crippen molar-refractivity contribution in [3.05, 3.63) is 18.3 Å². The van der Waals surface area contributed by atoms with Gasteiger partial charge in [0.2, 0.25) is 0 Å². The number of nitrogens with one attached hydrogen (secondary N) is 1. The smallest absolute Gasteiger partial charge is 0.105 e. The van der Waals surface area contributed by atoms with Gasteiger partial charge in [0.25, 0.3) is 0 Å². The van der Waals surface area contributed by atoms with E-state index in [9.17, 15) is 0 Å². The summed E-state index contributed by atoms with van der Waals surface area (Å²) in [4.78, 5) is 5.40. The van der Waals surface area contributed by atoms with Gasteiger partial charge in [-0.15, -0.1) is 0 Å². The number of rotatable bonds is 5. The zero-order valence-electron chi connectivity index (χ0n) is 8.46. The monoisotopic (exact) mass is 181 g/mol. The predicted molar refractivity (Wildman–Crippen MR) is 56.9 cm³/mol. The molecule has 1 aromatic rings. The third-order valence-corrected chi connectivity index (χ3v) is 2.24. The molecule has 3 N–H and O–H groups in total. The molecule has 1 atom stereocenters. The number of hydrogen-bond acceptors (Lipinski definition) is 2. The lowest BCUT2D eigenvalue weighted by atomic mass is 10.1. The van der Waals surface area contributed by atoms with E-state index in [0.29, 0.717) is 5.92 Å². The molecule has 1 unspecified atom stereocenters. The van der Waals surface area contributed by atoms with Gasteiger partial charge < -0.3 is 15.6 Å². The van der Waals surface area contributed by atoms with E-state index in [1.165, 1.54) is 5.82 Å². The molecule has 1 aromatic heterocycles. The van der Waals surface area contributed by atoms with Crippen LogP contribution in [0.1, 0.15) is 13.3 Å². The Morgan fingerprint density at radius 1 is 1.62 bits per heavy atom. The van der Waals surface area contributed by atoms with Gasteiger partial charge in [-0.25, -0.2) is 0 Å². The molecular weight excluding hydrogens is 162 g/mol. The van der Waals surface area contributed by atoms with Crippen LogP contribution in [0.5, 0.6) is 0 Å². The van der Waals surface area contributed by atoms with Crippen LogP contribution in [-0.4, -0.2) is 25.1 Å². The van der Waals surface area contributed by atoms with Crippen LogP contribution in [0.2, 0.25) is 0 Å². The molecule has 0 saturated heterocycles. The summed E-state index contributed by atoms with van der Waals surface area (Å²) in [5.74, 6) is 1.82. The Kier molecular flexibility index (Phi) is 3.83. The lowest BCUT2D eigenvalue weighted by molar-refractivity contribution is 0.538. The van der Waals surface area contributed by atoms with Gasteiger partial charge in [0.15, 0.2) is 0 Å². The van der Waals surface area contributed by atoms with Crippen LogP contribution >= 0.6 is 0 Å². The summed E-state index contributed by atoms with van der Waals surface area (Å²) in [5, 5.41) is 0. The molecule has 0 aliphatic rings. The fourth-order valence-corrected chi connectivity index (χ4v) is 1.50. The summed E-state index contributed by atoms with van der Waals surface area (Å²) in [6, 6.07) is 4.09. The third-order valence-electron chi connectivity index (χ3n) is 2.24. The zero-order chi connectivity index (χ0) is 9.68. The quantitative estimate of drug-likeness (QED) is 0.722. The first kappa shape index (κ1) is 10.1. The van der Waals surface area contributed by atoms with E-state index in [1.807, 2.05) is 12.3 Å². The molecule has 1 heterocycles. The normalized spacial score (nSPS) is 12.8. The summed E-state index contributed by atoms with van der Waals surface area (Å²) >= 11 is 0. The van der Waals surface area contributed by atoms with Gasteiger partial charge in [-0.1, -0.05) is 6.92 Å². The molecule has 13 heavy (non-hydrogen) atoms. The second-order valence-corrected chi connectivity index (χ2v) is 3.62. The van der Waals surface area contributed by atoms with Gasteiger partial charge >= 0.3 is 0 Å². The Morgan fingerprint density at radius 2 is 2.38 bits per heavy atom. The zero-order valence-corrected chi connectivity index (χ0v) is 8.46. The topological polar surface area (TPSA) is 45.0 Å². The number of hydrogen-bond donors (Lipinski definition) is 2. The molecular formula is C10H19N3. The first-order valence-electron chi connectivity index (χ1n) is 4.78. The van der Waals surface area contributed by atoms with Gasteiger partial charge in [-0.2, -0.15) is 0 Å². The number of nitrogens with zero attached hydrogens (tertiary/aromatic N) is 1. The van der Waals surface area contributed by atoms with Gasteiger partial charge in [0.1, 0.15) is 5.82 Å². The lowest BCUT2D eigenvalue weighted by Crippen LogP contribution is -2.25. The van der Waals surface area contributed by atoms with Crippen molar-refractivity contribution in [3.8, 4) is 0 Å². The first-order chi connectivity index (χ1) is 6.24. The van der Waals surface area contributed by atoms with Crippen molar-refractivity contribution in [2.24, 2.45) is 11.7 Å². The molecule has 0 aliphatic carbocycles. The number of anilines is 1. The number of nitrogens with two attached hydrogens (primary N) is 1. The van der Waals surface area contributed by atoms with Crippen molar-refractivity contribution < 1.29 is 0 Å². The molecule has 0 radical (unpaired) electrons. The van der Waals surface area contributed by atoms with Crippen LogP contribution < -0.4 is 10.6 Å². The highest BCUT2D eigenvalue weighted by atomic mass is 15.2. The molecule has 74 valence electrons. The Balaban J connectivity index is 2.37. The molecule has 3 heteroatoms. The second kappa shape index (κ2) is 4.92. The summed E-state index contributed by atoms with van der Waals surface area (Å²) in [6.45, 7) is 4.06. The van der Waals surface area contributed by atoms with E-state index in [4.69, 9.17) is 5.73 Å². The molecule has 0 aromatic carbocycles. The van der Waals surface area contributed by atoms with E-state index < -0.39 is 0 Å². The van der Waals surface area contributed by atoms with Crippen molar-refractivity contribution in [3.63, 3.8) is 0 Å². The van der Waals surface area contributed by atoms with Crippen molar-refractivity contribution >= 4 is 5.82 Å². The summed E-state index contributed by atoms with van der Waals surface area (Å²) in [6.07, 6.45) is 3.03. The molecule has 1 rings (SSSR count). The van der Waals surface area contributed by atoms with E-state index in [1.54, 1.807) is 0 Å². The second-order valence-electron chi connectivity index (χ2n) is 3.62. The minimum atomic E-state index is 0.651. The molecule has 3 nitrogen and oxygen atoms in total. The minimum Gasteiger partial charge on any atom is -0.361 e. The maximum atomic E-state index is 5.50. The minimum absolute atomic E-state index is 0.651. The Labute approximate surface area is 79.9 Å². The molecule has 0 amide bonds. The predicted octanol–water partition coefficient (Wildman–Crippen LogP) is 1.44. The van der Waals surface area contributed by atoms with Crippen LogP contribution in [0.4, 0.5) is 5.82 Å². The Morgan fingerprint density at radius 3 is 2.92 bits per heavy atom. The standard InChI is InChI=1S/C10H19N3/c1-9(5-6-11)8-13(2)10-4-3-7-12-10/h3-4,7,9,12H,5-6,8,11H2,1-2H3. The van der Waals surface area contributed by atoms with Crippen LogP contribution in [0, 0.1) is 5.92 Å². The van der Waals surface area contributed by atoms with E-state index >= 15 is 0 Å². The highest BCUT2D eigenvalue weighted by molar-refractivity contribution is 5.37. The highest BCUT2D eigenvalue weighted by Gasteiger charge is 2.06. The summed E-state index contributed by atoms with van der Waals surface area (Å²) in [5.41, 5.74) is 5.50. The number of aromatic nitrogens is 1. The van der Waals surface area contributed by atoms with Crippen LogP contribution in [0.25, 0.3) is 0 Å². The van der Waals surface area contributed by atoms with Gasteiger partial charge in [0.05, 0.1) is 0 Å². The number of H-pyrrole nitrogens is 1. The lowest BCUT2D eigenvalue weighted by Gasteiger charge is -2.21. The van der Waals surface area contributed by atoms with E-state index in [0.717, 1.165) is 19.5 Å². The Bertz CT molecular complexity index is 218. The first-order valence-corrected chi connectivity index (χ1v) is 4.78. The van der Waals surface area contributed by atoms with E-state index in [-0.39, 0.29) is 0 Å². The highest BCUT2D eigenvalue weighted by Crippen LogP contribution is 2.11. The third kappa shape index (κ3) is 3.11. The van der Waals surface area contributed by atoms with Gasteiger partial charge in [-0.05, 0) is 31.0 Å². The van der Waals surface area contributed by atoms with Crippen molar-refractivity contribution in [1.82, 2.24) is 4.98 Å². The van der Waals surface area contributed by atoms with Crippen molar-refractivity contribution in [2.75, 3.05) is 25.0 Å². The number of aromatic amines is 1. The summed E-state index contributed by atoms with van der Waals surface area (Å²) < 4.78 is 0. The average molecular weight is 181 g/mol. The maximum absolute atomic E-state index is 5.50. The molecule has 0 saturated carbocycles. The van der Waals surface area contributed by atoms with Crippen LogP contribution in [0.15, 0.2) is 18.3 Å². The largest absolute Gasteiger partial charge is 0.361 e. The van der Waals surface area contributed by atoms with E-state index in [2.05, 4.69) is 29.9 Å². The summed E-state index contributed by atoms with van der Waals surface area (Å²) in [7, 11) is 2.10. The fourth-order valence-electron chi connectivity index (χ4n) is 1.50. The molecule has 0 bridgehead atoms. The molecule has 0 fully saturated rings. The van der Waals surface area contributed by atoms with Crippen molar-refractivity contribution in [1.29, 1.82) is 0 Å². The Hall–Kier alpha value is -0.960. The fraction of sp³-hybridized carbons (Fsp3) is 0.600. The maximum Gasteiger partial charge on any atom is 0.105 e. The molecule has 0 aliphatic heterocycles. The van der Waals surface area contributed by atoms with Crippen LogP contribution in [-0.2, 0) is 0 Å². The molecule has 0 spiro atoms. The van der Waals surface area contributed by atoms with Gasteiger partial charge in [0, 0.05) is 19.8 Å². The van der Waals surface area contributed by atoms with Crippen LogP contribution in [0.3, 0.4) is 0 Å². The van der Waals surface area contributed by atoms with Crippen molar-refractivity contribution in [2.45, 2.75) is 13.3 Å². The SMILES string of the molecule is CC(CCN)CN(C)c1ccc[nH]1. The van der Waals surface area contributed by atoms with Gasteiger partial charge in [-0.3, -0.25) is 0 Å². The average Bonchev–Trinajstić information content (AvgIpc) is 2.55.